The number of halogens is 1. The maximum absolute atomic E-state index is 13.3. The van der Waals surface area contributed by atoms with Gasteiger partial charge in [0.2, 0.25) is 5.82 Å². The number of allylic oxidation sites excluding steroid dienone is 1. The molecule has 4 aromatic rings. The topological polar surface area (TPSA) is 71.3 Å². The quantitative estimate of drug-likeness (QED) is 0.366. The second-order valence-electron chi connectivity index (χ2n) is 8.23. The van der Waals surface area contributed by atoms with Crippen molar-refractivity contribution in [2.24, 2.45) is 0 Å². The number of carbonyl (C=O) groups is 1. The van der Waals surface area contributed by atoms with E-state index < -0.39 is 6.04 Å². The SMILES string of the molecule is CC1=C(c2nc(-c3ccccc3)no2)C(c2ccc(Cl)cc2)NC(=O)N1Cc1ccccc1C. The van der Waals surface area contributed by atoms with Crippen molar-refractivity contribution in [2.45, 2.75) is 26.4 Å². The minimum atomic E-state index is -0.457. The number of rotatable bonds is 5. The number of amides is 2. The molecule has 6 nitrogen and oxygen atoms in total. The van der Waals surface area contributed by atoms with Crippen molar-refractivity contribution in [2.75, 3.05) is 0 Å². The Hall–Kier alpha value is -3.90. The Kier molecular flexibility index (Phi) is 5.90. The van der Waals surface area contributed by atoms with Crippen molar-refractivity contribution < 1.29 is 9.32 Å². The number of benzene rings is 3. The number of aryl methyl sites for hydroxylation is 1. The van der Waals surface area contributed by atoms with Gasteiger partial charge in [-0.1, -0.05) is 83.5 Å². The fourth-order valence-electron chi connectivity index (χ4n) is 4.15. The van der Waals surface area contributed by atoms with Gasteiger partial charge in [0, 0.05) is 16.3 Å². The summed E-state index contributed by atoms with van der Waals surface area (Å²) >= 11 is 6.11. The van der Waals surface area contributed by atoms with Crippen LogP contribution in [0, 0.1) is 6.92 Å². The van der Waals surface area contributed by atoms with Crippen LogP contribution in [-0.4, -0.2) is 21.1 Å². The zero-order chi connectivity index (χ0) is 23.7. The molecule has 0 bridgehead atoms. The first-order chi connectivity index (χ1) is 16.5. The molecule has 0 radical (unpaired) electrons. The molecule has 2 heterocycles. The lowest BCUT2D eigenvalue weighted by molar-refractivity contribution is 0.203. The molecule has 1 atom stereocenters. The van der Waals surface area contributed by atoms with E-state index in [0.29, 0.717) is 23.3 Å². The van der Waals surface area contributed by atoms with Crippen LogP contribution >= 0.6 is 11.6 Å². The summed E-state index contributed by atoms with van der Waals surface area (Å²) in [7, 11) is 0. The first kappa shape index (κ1) is 21.9. The highest BCUT2D eigenvalue weighted by molar-refractivity contribution is 6.30. The van der Waals surface area contributed by atoms with Crippen LogP contribution in [0.2, 0.25) is 5.02 Å². The number of urea groups is 1. The van der Waals surface area contributed by atoms with E-state index in [1.54, 1.807) is 17.0 Å². The molecule has 0 aliphatic carbocycles. The Morgan fingerprint density at radius 3 is 2.41 bits per heavy atom. The predicted molar refractivity (Wildman–Crippen MR) is 132 cm³/mol. The summed E-state index contributed by atoms with van der Waals surface area (Å²) in [5.41, 5.74) is 5.43. The van der Waals surface area contributed by atoms with E-state index in [9.17, 15) is 4.79 Å². The van der Waals surface area contributed by atoms with Crippen LogP contribution in [0.3, 0.4) is 0 Å². The van der Waals surface area contributed by atoms with Crippen LogP contribution in [-0.2, 0) is 6.54 Å². The van der Waals surface area contributed by atoms with Gasteiger partial charge in [-0.2, -0.15) is 4.98 Å². The zero-order valence-corrected chi connectivity index (χ0v) is 19.6. The Balaban J connectivity index is 1.61. The molecular weight excluding hydrogens is 448 g/mol. The fraction of sp³-hybridized carbons (Fsp3) is 0.148. The summed E-state index contributed by atoms with van der Waals surface area (Å²) in [6, 6.07) is 24.4. The average Bonchev–Trinajstić information content (AvgIpc) is 3.33. The van der Waals surface area contributed by atoms with Gasteiger partial charge in [-0.15, -0.1) is 0 Å². The van der Waals surface area contributed by atoms with Gasteiger partial charge in [0.1, 0.15) is 0 Å². The number of hydrogen-bond acceptors (Lipinski definition) is 4. The Morgan fingerprint density at radius 2 is 1.68 bits per heavy atom. The molecular formula is C27H23ClN4O2. The lowest BCUT2D eigenvalue weighted by Gasteiger charge is -2.35. The maximum Gasteiger partial charge on any atom is 0.322 e. The molecule has 1 aliphatic rings. The van der Waals surface area contributed by atoms with Gasteiger partial charge in [0.05, 0.1) is 18.2 Å². The smallest absolute Gasteiger partial charge is 0.322 e. The van der Waals surface area contributed by atoms with Crippen molar-refractivity contribution in [3.63, 3.8) is 0 Å². The third kappa shape index (κ3) is 4.20. The highest BCUT2D eigenvalue weighted by atomic mass is 35.5. The van der Waals surface area contributed by atoms with Crippen molar-refractivity contribution in [3.8, 4) is 11.4 Å². The highest BCUT2D eigenvalue weighted by Gasteiger charge is 2.36. The molecule has 0 saturated carbocycles. The summed E-state index contributed by atoms with van der Waals surface area (Å²) in [5, 5.41) is 7.96. The summed E-state index contributed by atoms with van der Waals surface area (Å²) in [6.45, 7) is 4.39. The van der Waals surface area contributed by atoms with Gasteiger partial charge < -0.3 is 9.84 Å². The van der Waals surface area contributed by atoms with Crippen LogP contribution in [0.1, 0.15) is 35.5 Å². The van der Waals surface area contributed by atoms with Gasteiger partial charge >= 0.3 is 6.03 Å². The van der Waals surface area contributed by atoms with Gasteiger partial charge in [0.25, 0.3) is 5.89 Å². The molecule has 0 saturated heterocycles. The Bertz CT molecular complexity index is 1360. The number of nitrogens with zero attached hydrogens (tertiary/aromatic N) is 3. The van der Waals surface area contributed by atoms with Gasteiger partial charge in [-0.05, 0) is 42.7 Å². The van der Waals surface area contributed by atoms with E-state index in [1.807, 2.05) is 80.6 Å². The minimum absolute atomic E-state index is 0.188. The predicted octanol–water partition coefficient (Wildman–Crippen LogP) is 6.40. The number of aromatic nitrogens is 2. The zero-order valence-electron chi connectivity index (χ0n) is 18.8. The van der Waals surface area contributed by atoms with E-state index in [1.165, 1.54) is 0 Å². The lowest BCUT2D eigenvalue weighted by atomic mass is 9.94. The van der Waals surface area contributed by atoms with E-state index in [-0.39, 0.29) is 6.03 Å². The van der Waals surface area contributed by atoms with Crippen LogP contribution in [0.5, 0.6) is 0 Å². The largest absolute Gasteiger partial charge is 0.334 e. The second kappa shape index (κ2) is 9.15. The minimum Gasteiger partial charge on any atom is -0.334 e. The highest BCUT2D eigenvalue weighted by Crippen LogP contribution is 2.38. The molecule has 1 N–H and O–H groups in total. The van der Waals surface area contributed by atoms with E-state index in [2.05, 4.69) is 10.5 Å². The Morgan fingerprint density at radius 1 is 0.971 bits per heavy atom. The normalized spacial score (nSPS) is 16.0. The van der Waals surface area contributed by atoms with Crippen molar-refractivity contribution in [1.82, 2.24) is 20.4 Å². The van der Waals surface area contributed by atoms with E-state index in [4.69, 9.17) is 21.1 Å². The molecule has 3 aromatic carbocycles. The lowest BCUT2D eigenvalue weighted by Crippen LogP contribution is -2.45. The van der Waals surface area contributed by atoms with Gasteiger partial charge in [-0.25, -0.2) is 4.79 Å². The van der Waals surface area contributed by atoms with Gasteiger partial charge in [-0.3, -0.25) is 4.90 Å². The number of nitrogens with one attached hydrogen (secondary N) is 1. The van der Waals surface area contributed by atoms with Crippen molar-refractivity contribution in [1.29, 1.82) is 0 Å². The molecule has 5 rings (SSSR count). The first-order valence-corrected chi connectivity index (χ1v) is 11.4. The summed E-state index contributed by atoms with van der Waals surface area (Å²) in [4.78, 5) is 19.7. The Labute approximate surface area is 202 Å². The summed E-state index contributed by atoms with van der Waals surface area (Å²) < 4.78 is 5.74. The summed E-state index contributed by atoms with van der Waals surface area (Å²) in [6.07, 6.45) is 0. The molecule has 1 aromatic heterocycles. The summed E-state index contributed by atoms with van der Waals surface area (Å²) in [5.74, 6) is 0.860. The fourth-order valence-corrected chi connectivity index (χ4v) is 4.28. The van der Waals surface area contributed by atoms with Crippen LogP contribution in [0.15, 0.2) is 89.1 Å². The third-order valence-corrected chi connectivity index (χ3v) is 6.33. The molecule has 1 unspecified atom stereocenters. The molecule has 170 valence electrons. The maximum atomic E-state index is 13.3. The molecule has 7 heteroatoms. The second-order valence-corrected chi connectivity index (χ2v) is 8.67. The number of hydrogen-bond donors (Lipinski definition) is 1. The monoisotopic (exact) mass is 470 g/mol. The average molecular weight is 471 g/mol. The van der Waals surface area contributed by atoms with Crippen molar-refractivity contribution in [3.05, 3.63) is 112 Å². The van der Waals surface area contributed by atoms with Gasteiger partial charge in [0.15, 0.2) is 0 Å². The molecule has 34 heavy (non-hydrogen) atoms. The van der Waals surface area contributed by atoms with Crippen LogP contribution in [0.4, 0.5) is 4.79 Å². The van der Waals surface area contributed by atoms with Crippen molar-refractivity contribution >= 4 is 23.2 Å². The molecule has 1 aliphatic heterocycles. The standard InChI is InChI=1S/C27H23ClN4O2/c1-17-8-6-7-11-21(17)16-32-18(2)23(24(29-27(32)33)19-12-14-22(28)15-13-19)26-30-25(31-34-26)20-9-4-3-5-10-20/h3-15,24H,16H2,1-2H3,(H,29,33). The molecule has 2 amide bonds. The third-order valence-electron chi connectivity index (χ3n) is 6.08. The van der Waals surface area contributed by atoms with E-state index in [0.717, 1.165) is 33.5 Å². The first-order valence-electron chi connectivity index (χ1n) is 11.0. The van der Waals surface area contributed by atoms with Crippen LogP contribution < -0.4 is 5.32 Å². The molecule has 0 fully saturated rings. The van der Waals surface area contributed by atoms with E-state index >= 15 is 0 Å². The van der Waals surface area contributed by atoms with Crippen LogP contribution in [0.25, 0.3) is 17.0 Å². The number of carbonyl (C=O) groups excluding carboxylic acids is 1. The molecule has 0 spiro atoms.